The number of carbonyl (C=O) groups is 2. The summed E-state index contributed by atoms with van der Waals surface area (Å²) in [5.41, 5.74) is 1.89. The minimum absolute atomic E-state index is 0.0227. The number of amides is 2. The molecule has 0 bridgehead atoms. The van der Waals surface area contributed by atoms with E-state index in [-0.39, 0.29) is 24.3 Å². The molecular weight excluding hydrogens is 356 g/mol. The van der Waals surface area contributed by atoms with Gasteiger partial charge in [-0.2, -0.15) is 0 Å². The van der Waals surface area contributed by atoms with E-state index in [2.05, 4.69) is 5.32 Å². The lowest BCUT2D eigenvalue weighted by molar-refractivity contribution is -0.131. The average Bonchev–Trinajstić information content (AvgIpc) is 2.71. The van der Waals surface area contributed by atoms with Crippen LogP contribution in [0.1, 0.15) is 31.0 Å². The van der Waals surface area contributed by atoms with Crippen molar-refractivity contribution in [3.63, 3.8) is 0 Å². The molecule has 0 aliphatic rings. The predicted octanol–water partition coefficient (Wildman–Crippen LogP) is 2.97. The summed E-state index contributed by atoms with van der Waals surface area (Å²) in [5.74, 6) is 1.08. The summed E-state index contributed by atoms with van der Waals surface area (Å²) in [6, 6.07) is 15.2. The van der Waals surface area contributed by atoms with Crippen LogP contribution in [0.2, 0.25) is 0 Å². The number of nitrogens with one attached hydrogen (secondary N) is 1. The average molecular weight is 384 g/mol. The Morgan fingerprint density at radius 3 is 2.32 bits per heavy atom. The van der Waals surface area contributed by atoms with E-state index >= 15 is 0 Å². The van der Waals surface area contributed by atoms with Gasteiger partial charge in [0, 0.05) is 20.0 Å². The highest BCUT2D eigenvalue weighted by atomic mass is 16.5. The van der Waals surface area contributed by atoms with E-state index in [9.17, 15) is 9.59 Å². The Labute approximate surface area is 166 Å². The second kappa shape index (κ2) is 10.3. The maximum atomic E-state index is 12.3. The van der Waals surface area contributed by atoms with Gasteiger partial charge in [-0.15, -0.1) is 0 Å². The molecule has 0 fully saturated rings. The topological polar surface area (TPSA) is 67.9 Å². The molecule has 150 valence electrons. The molecule has 0 spiro atoms. The fourth-order valence-corrected chi connectivity index (χ4v) is 3.09. The number of hydrogen-bond donors (Lipinski definition) is 1. The van der Waals surface area contributed by atoms with Crippen LogP contribution in [0.15, 0.2) is 48.5 Å². The van der Waals surface area contributed by atoms with Crippen molar-refractivity contribution < 1.29 is 19.1 Å². The molecule has 0 radical (unpaired) electrons. The zero-order valence-electron chi connectivity index (χ0n) is 16.9. The number of hydrogen-bond acceptors (Lipinski definition) is 4. The molecule has 0 aliphatic heterocycles. The quantitative estimate of drug-likeness (QED) is 0.722. The molecule has 0 saturated carbocycles. The van der Waals surface area contributed by atoms with Crippen molar-refractivity contribution in [2.24, 2.45) is 0 Å². The summed E-state index contributed by atoms with van der Waals surface area (Å²) < 4.78 is 10.5. The van der Waals surface area contributed by atoms with Crippen molar-refractivity contribution in [1.82, 2.24) is 10.2 Å². The summed E-state index contributed by atoms with van der Waals surface area (Å²) in [4.78, 5) is 26.1. The smallest absolute Gasteiger partial charge is 0.224 e. The van der Waals surface area contributed by atoms with Crippen LogP contribution in [0.3, 0.4) is 0 Å². The van der Waals surface area contributed by atoms with Gasteiger partial charge in [-0.1, -0.05) is 36.4 Å². The van der Waals surface area contributed by atoms with Gasteiger partial charge in [-0.3, -0.25) is 9.59 Å². The first kappa shape index (κ1) is 21.3. The highest BCUT2D eigenvalue weighted by Gasteiger charge is 2.18. The van der Waals surface area contributed by atoms with Crippen molar-refractivity contribution in [3.05, 3.63) is 59.7 Å². The van der Waals surface area contributed by atoms with Gasteiger partial charge in [0.15, 0.2) is 11.5 Å². The first-order valence-corrected chi connectivity index (χ1v) is 9.26. The van der Waals surface area contributed by atoms with Gasteiger partial charge in [-0.25, -0.2) is 0 Å². The summed E-state index contributed by atoms with van der Waals surface area (Å²) in [5, 5.41) is 2.88. The van der Waals surface area contributed by atoms with Crippen LogP contribution in [-0.4, -0.2) is 44.0 Å². The summed E-state index contributed by atoms with van der Waals surface area (Å²) in [6.07, 6.45) is 0.231. The number of carbonyl (C=O) groups excluding carboxylic acids is 2. The first-order valence-electron chi connectivity index (χ1n) is 9.26. The minimum atomic E-state index is -0.108. The van der Waals surface area contributed by atoms with Crippen LogP contribution < -0.4 is 14.8 Å². The maximum Gasteiger partial charge on any atom is 0.224 e. The summed E-state index contributed by atoms with van der Waals surface area (Å²) in [6.45, 7) is 4.37. The Hall–Kier alpha value is -3.02. The summed E-state index contributed by atoms with van der Waals surface area (Å²) >= 11 is 0. The molecule has 2 aromatic rings. The van der Waals surface area contributed by atoms with Gasteiger partial charge in [0.2, 0.25) is 11.8 Å². The largest absolute Gasteiger partial charge is 0.493 e. The number of nitrogens with zero attached hydrogens (tertiary/aromatic N) is 1. The van der Waals surface area contributed by atoms with Crippen molar-refractivity contribution in [2.75, 3.05) is 27.3 Å². The monoisotopic (exact) mass is 384 g/mol. The molecule has 1 unspecified atom stereocenters. The standard InChI is InChI=1S/C22H28N2O4/c1-16(19-8-6-5-7-9-19)24(17(2)25)13-12-23-22(26)15-18-10-11-20(27-3)21(14-18)28-4/h5-11,14,16H,12-13,15H2,1-4H3,(H,23,26). The van der Waals surface area contributed by atoms with Gasteiger partial charge < -0.3 is 19.7 Å². The van der Waals surface area contributed by atoms with E-state index in [1.165, 1.54) is 0 Å². The molecule has 0 heterocycles. The lowest BCUT2D eigenvalue weighted by atomic mass is 10.1. The molecular formula is C22H28N2O4. The maximum absolute atomic E-state index is 12.3. The Kier molecular flexibility index (Phi) is 7.87. The Morgan fingerprint density at radius 2 is 1.71 bits per heavy atom. The molecule has 6 nitrogen and oxygen atoms in total. The van der Waals surface area contributed by atoms with Crippen LogP contribution in [0.25, 0.3) is 0 Å². The lowest BCUT2D eigenvalue weighted by Crippen LogP contribution is -2.39. The normalized spacial score (nSPS) is 11.4. The van der Waals surface area contributed by atoms with E-state index in [4.69, 9.17) is 9.47 Å². The Bertz CT molecular complexity index is 792. The number of methoxy groups -OCH3 is 2. The molecule has 2 rings (SSSR count). The van der Waals surface area contributed by atoms with E-state index in [1.807, 2.05) is 43.3 Å². The third kappa shape index (κ3) is 5.74. The second-order valence-corrected chi connectivity index (χ2v) is 6.52. The zero-order valence-corrected chi connectivity index (χ0v) is 16.9. The highest BCUT2D eigenvalue weighted by Crippen LogP contribution is 2.27. The van der Waals surface area contributed by atoms with E-state index in [0.29, 0.717) is 24.6 Å². The third-order valence-electron chi connectivity index (χ3n) is 4.64. The fraction of sp³-hybridized carbons (Fsp3) is 0.364. The number of ether oxygens (including phenoxy) is 2. The highest BCUT2D eigenvalue weighted by molar-refractivity contribution is 5.79. The van der Waals surface area contributed by atoms with Crippen molar-refractivity contribution in [1.29, 1.82) is 0 Å². The molecule has 2 aromatic carbocycles. The Morgan fingerprint density at radius 1 is 1.04 bits per heavy atom. The first-order chi connectivity index (χ1) is 13.5. The van der Waals surface area contributed by atoms with Gasteiger partial charge in [-0.05, 0) is 30.2 Å². The molecule has 2 amide bonds. The second-order valence-electron chi connectivity index (χ2n) is 6.52. The van der Waals surface area contributed by atoms with Crippen LogP contribution in [0, 0.1) is 0 Å². The van der Waals surface area contributed by atoms with Crippen molar-refractivity contribution in [3.8, 4) is 11.5 Å². The lowest BCUT2D eigenvalue weighted by Gasteiger charge is -2.28. The van der Waals surface area contributed by atoms with Crippen LogP contribution in [0.4, 0.5) is 0 Å². The molecule has 0 saturated heterocycles. The zero-order chi connectivity index (χ0) is 20.5. The van der Waals surface area contributed by atoms with Gasteiger partial charge in [0.05, 0.1) is 26.7 Å². The van der Waals surface area contributed by atoms with E-state index in [1.54, 1.807) is 38.2 Å². The molecule has 1 atom stereocenters. The van der Waals surface area contributed by atoms with Gasteiger partial charge in [0.25, 0.3) is 0 Å². The minimum Gasteiger partial charge on any atom is -0.493 e. The number of rotatable bonds is 9. The predicted molar refractivity (Wildman–Crippen MR) is 109 cm³/mol. The van der Waals surface area contributed by atoms with E-state index < -0.39 is 0 Å². The van der Waals surface area contributed by atoms with Crippen LogP contribution in [-0.2, 0) is 16.0 Å². The fourth-order valence-electron chi connectivity index (χ4n) is 3.09. The number of benzene rings is 2. The molecule has 1 N–H and O–H groups in total. The SMILES string of the molecule is COc1ccc(CC(=O)NCCN(C(C)=O)C(C)c2ccccc2)cc1OC. The molecule has 0 aliphatic carbocycles. The van der Waals surface area contributed by atoms with Crippen molar-refractivity contribution >= 4 is 11.8 Å². The molecule has 28 heavy (non-hydrogen) atoms. The van der Waals surface area contributed by atoms with Crippen molar-refractivity contribution in [2.45, 2.75) is 26.3 Å². The summed E-state index contributed by atoms with van der Waals surface area (Å²) in [7, 11) is 3.13. The van der Waals surface area contributed by atoms with Gasteiger partial charge in [0.1, 0.15) is 0 Å². The van der Waals surface area contributed by atoms with E-state index in [0.717, 1.165) is 11.1 Å². The third-order valence-corrected chi connectivity index (χ3v) is 4.64. The van der Waals surface area contributed by atoms with Crippen LogP contribution in [0.5, 0.6) is 11.5 Å². The van der Waals surface area contributed by atoms with Crippen LogP contribution >= 0.6 is 0 Å². The molecule has 0 aromatic heterocycles. The van der Waals surface area contributed by atoms with Gasteiger partial charge >= 0.3 is 0 Å². The Balaban J connectivity index is 1.90. The molecule has 6 heteroatoms.